The highest BCUT2D eigenvalue weighted by atomic mass is 16.5. The number of anilines is 1. The molecule has 4 heteroatoms. The maximum Gasteiger partial charge on any atom is 0.220 e. The number of nitrogen functional groups attached to an aromatic ring is 1. The van der Waals surface area contributed by atoms with E-state index < -0.39 is 0 Å². The molecule has 0 aliphatic rings. The molecule has 0 saturated carbocycles. The third-order valence-electron chi connectivity index (χ3n) is 1.67. The van der Waals surface area contributed by atoms with Gasteiger partial charge in [-0.05, 0) is 12.3 Å². The monoisotopic (exact) mass is 181 g/mol. The summed E-state index contributed by atoms with van der Waals surface area (Å²) in [5.41, 5.74) is 6.36. The fraction of sp³-hybridized carbons (Fsp3) is 0.556. The third kappa shape index (κ3) is 2.57. The van der Waals surface area contributed by atoms with Crippen LogP contribution in [-0.4, -0.2) is 17.1 Å². The van der Waals surface area contributed by atoms with Crippen LogP contribution in [0, 0.1) is 5.92 Å². The summed E-state index contributed by atoms with van der Waals surface area (Å²) in [7, 11) is 1.61. The number of rotatable bonds is 3. The molecule has 0 aliphatic carbocycles. The van der Waals surface area contributed by atoms with Crippen molar-refractivity contribution in [2.45, 2.75) is 20.3 Å². The van der Waals surface area contributed by atoms with E-state index in [1.54, 1.807) is 13.3 Å². The minimum atomic E-state index is 0.302. The molecule has 0 fully saturated rings. The summed E-state index contributed by atoms with van der Waals surface area (Å²) in [6.07, 6.45) is 2.47. The van der Waals surface area contributed by atoms with Gasteiger partial charge >= 0.3 is 0 Å². The first-order valence-electron chi connectivity index (χ1n) is 4.29. The van der Waals surface area contributed by atoms with Crippen molar-refractivity contribution >= 4 is 5.95 Å². The lowest BCUT2D eigenvalue weighted by molar-refractivity contribution is 0.401. The van der Waals surface area contributed by atoms with Crippen LogP contribution in [0.2, 0.25) is 0 Å². The van der Waals surface area contributed by atoms with Gasteiger partial charge < -0.3 is 10.5 Å². The lowest BCUT2D eigenvalue weighted by atomic mass is 10.1. The SMILES string of the molecule is COc1cnc(N)nc1CC(C)C. The molecule has 0 spiro atoms. The average Bonchev–Trinajstić information content (AvgIpc) is 2.03. The molecule has 2 N–H and O–H groups in total. The van der Waals surface area contributed by atoms with Gasteiger partial charge in [-0.15, -0.1) is 0 Å². The first kappa shape index (κ1) is 9.77. The van der Waals surface area contributed by atoms with E-state index in [4.69, 9.17) is 10.5 Å². The molecule has 0 atom stereocenters. The Morgan fingerprint density at radius 1 is 1.54 bits per heavy atom. The van der Waals surface area contributed by atoms with E-state index >= 15 is 0 Å². The number of ether oxygens (including phenoxy) is 1. The maximum atomic E-state index is 5.48. The second-order valence-corrected chi connectivity index (χ2v) is 3.34. The molecule has 0 radical (unpaired) electrons. The number of aromatic nitrogens is 2. The van der Waals surface area contributed by atoms with Gasteiger partial charge in [0, 0.05) is 0 Å². The van der Waals surface area contributed by atoms with Gasteiger partial charge in [0.25, 0.3) is 0 Å². The van der Waals surface area contributed by atoms with Crippen LogP contribution in [0.4, 0.5) is 5.95 Å². The van der Waals surface area contributed by atoms with Gasteiger partial charge in [0.2, 0.25) is 5.95 Å². The van der Waals surface area contributed by atoms with Gasteiger partial charge in [-0.3, -0.25) is 0 Å². The topological polar surface area (TPSA) is 61.0 Å². The lowest BCUT2D eigenvalue weighted by Gasteiger charge is -2.08. The van der Waals surface area contributed by atoms with Gasteiger partial charge in [0.1, 0.15) is 0 Å². The summed E-state index contributed by atoms with van der Waals surface area (Å²) in [4.78, 5) is 7.99. The third-order valence-corrected chi connectivity index (χ3v) is 1.67. The predicted octanol–water partition coefficient (Wildman–Crippen LogP) is 1.27. The van der Waals surface area contributed by atoms with Crippen LogP contribution >= 0.6 is 0 Å². The number of hydrogen-bond acceptors (Lipinski definition) is 4. The molecule has 13 heavy (non-hydrogen) atoms. The first-order valence-corrected chi connectivity index (χ1v) is 4.29. The van der Waals surface area contributed by atoms with Crippen LogP contribution in [0.25, 0.3) is 0 Å². The van der Waals surface area contributed by atoms with Gasteiger partial charge in [-0.2, -0.15) is 0 Å². The standard InChI is InChI=1S/C9H15N3O/c1-6(2)4-7-8(13-3)5-11-9(10)12-7/h5-6H,4H2,1-3H3,(H2,10,11,12). The van der Waals surface area contributed by atoms with E-state index in [0.717, 1.165) is 12.1 Å². The Labute approximate surface area is 78.1 Å². The highest BCUT2D eigenvalue weighted by molar-refractivity contribution is 5.30. The van der Waals surface area contributed by atoms with Crippen molar-refractivity contribution in [3.63, 3.8) is 0 Å². The highest BCUT2D eigenvalue weighted by Gasteiger charge is 2.07. The van der Waals surface area contributed by atoms with E-state index in [0.29, 0.717) is 17.6 Å². The minimum absolute atomic E-state index is 0.302. The summed E-state index contributed by atoms with van der Waals surface area (Å²) >= 11 is 0. The Kier molecular flexibility index (Phi) is 3.06. The number of methoxy groups -OCH3 is 1. The Bertz CT molecular complexity index is 286. The molecule has 0 saturated heterocycles. The van der Waals surface area contributed by atoms with Gasteiger partial charge in [0.05, 0.1) is 19.0 Å². The van der Waals surface area contributed by atoms with Crippen molar-refractivity contribution in [2.75, 3.05) is 12.8 Å². The highest BCUT2D eigenvalue weighted by Crippen LogP contribution is 2.18. The van der Waals surface area contributed by atoms with Gasteiger partial charge in [-0.25, -0.2) is 9.97 Å². The summed E-state index contributed by atoms with van der Waals surface area (Å²) in [5, 5.41) is 0. The molecule has 1 rings (SSSR count). The molecule has 0 aromatic carbocycles. The molecule has 0 amide bonds. The molecule has 72 valence electrons. The average molecular weight is 181 g/mol. The van der Waals surface area contributed by atoms with E-state index in [1.807, 2.05) is 0 Å². The minimum Gasteiger partial charge on any atom is -0.493 e. The van der Waals surface area contributed by atoms with Crippen LogP contribution in [0.5, 0.6) is 5.75 Å². The van der Waals surface area contributed by atoms with E-state index in [-0.39, 0.29) is 0 Å². The van der Waals surface area contributed by atoms with E-state index in [9.17, 15) is 0 Å². The van der Waals surface area contributed by atoms with Crippen LogP contribution in [0.1, 0.15) is 19.5 Å². The van der Waals surface area contributed by atoms with Crippen molar-refractivity contribution in [1.82, 2.24) is 9.97 Å². The molecular formula is C9H15N3O. The quantitative estimate of drug-likeness (QED) is 0.762. The van der Waals surface area contributed by atoms with Gasteiger partial charge in [-0.1, -0.05) is 13.8 Å². The van der Waals surface area contributed by atoms with Crippen molar-refractivity contribution in [3.8, 4) is 5.75 Å². The van der Waals surface area contributed by atoms with Crippen LogP contribution in [0.3, 0.4) is 0 Å². The summed E-state index contributed by atoms with van der Waals surface area (Å²) in [6, 6.07) is 0. The molecule has 0 unspecified atom stereocenters. The molecule has 1 heterocycles. The number of nitrogens with two attached hydrogens (primary N) is 1. The normalized spacial score (nSPS) is 10.5. The zero-order chi connectivity index (χ0) is 9.84. The molecular weight excluding hydrogens is 166 g/mol. The smallest absolute Gasteiger partial charge is 0.220 e. The van der Waals surface area contributed by atoms with Crippen molar-refractivity contribution < 1.29 is 4.74 Å². The number of nitrogens with zero attached hydrogens (tertiary/aromatic N) is 2. The summed E-state index contributed by atoms with van der Waals surface area (Å²) in [5.74, 6) is 1.54. The Balaban J connectivity index is 2.94. The Morgan fingerprint density at radius 2 is 2.23 bits per heavy atom. The molecule has 1 aromatic rings. The second kappa shape index (κ2) is 4.07. The van der Waals surface area contributed by atoms with Crippen molar-refractivity contribution in [1.29, 1.82) is 0 Å². The number of hydrogen-bond donors (Lipinski definition) is 1. The Morgan fingerprint density at radius 3 is 2.77 bits per heavy atom. The zero-order valence-electron chi connectivity index (χ0n) is 8.24. The zero-order valence-corrected chi connectivity index (χ0v) is 8.24. The molecule has 0 aliphatic heterocycles. The maximum absolute atomic E-state index is 5.48. The lowest BCUT2D eigenvalue weighted by Crippen LogP contribution is -2.04. The molecule has 4 nitrogen and oxygen atoms in total. The van der Waals surface area contributed by atoms with Crippen molar-refractivity contribution in [2.24, 2.45) is 5.92 Å². The summed E-state index contributed by atoms with van der Waals surface area (Å²) in [6.45, 7) is 4.25. The predicted molar refractivity (Wildman–Crippen MR) is 51.5 cm³/mol. The summed E-state index contributed by atoms with van der Waals surface area (Å²) < 4.78 is 5.12. The van der Waals surface area contributed by atoms with Crippen LogP contribution in [-0.2, 0) is 6.42 Å². The first-order chi connectivity index (χ1) is 6.13. The van der Waals surface area contributed by atoms with Crippen LogP contribution in [0.15, 0.2) is 6.20 Å². The van der Waals surface area contributed by atoms with E-state index in [2.05, 4.69) is 23.8 Å². The van der Waals surface area contributed by atoms with Gasteiger partial charge in [0.15, 0.2) is 5.75 Å². The van der Waals surface area contributed by atoms with E-state index in [1.165, 1.54) is 0 Å². The molecule has 1 aromatic heterocycles. The fourth-order valence-electron chi connectivity index (χ4n) is 1.12. The van der Waals surface area contributed by atoms with Crippen LogP contribution < -0.4 is 10.5 Å². The Hall–Kier alpha value is -1.32. The fourth-order valence-corrected chi connectivity index (χ4v) is 1.12. The second-order valence-electron chi connectivity index (χ2n) is 3.34. The molecule has 0 bridgehead atoms. The van der Waals surface area contributed by atoms with Crippen molar-refractivity contribution in [3.05, 3.63) is 11.9 Å². The largest absolute Gasteiger partial charge is 0.493 e.